The largest absolute Gasteiger partial charge is 0.477 e. The highest BCUT2D eigenvalue weighted by molar-refractivity contribution is 5.87. The van der Waals surface area contributed by atoms with Crippen LogP contribution in [-0.4, -0.2) is 27.8 Å². The van der Waals surface area contributed by atoms with Gasteiger partial charge in [0.1, 0.15) is 11.4 Å². The van der Waals surface area contributed by atoms with Gasteiger partial charge in [-0.1, -0.05) is 0 Å². The van der Waals surface area contributed by atoms with Gasteiger partial charge in [-0.25, -0.2) is 9.89 Å². The number of carbonyl (C=O) groups is 1. The topological polar surface area (TPSA) is 95.1 Å². The van der Waals surface area contributed by atoms with Gasteiger partial charge in [0.15, 0.2) is 0 Å². The van der Waals surface area contributed by atoms with Crippen molar-refractivity contribution < 1.29 is 9.90 Å². The molecule has 6 heteroatoms. The fourth-order valence-corrected chi connectivity index (χ4v) is 1.23. The van der Waals surface area contributed by atoms with Crippen molar-refractivity contribution in [2.75, 3.05) is 11.9 Å². The van der Waals surface area contributed by atoms with Gasteiger partial charge >= 0.3 is 5.97 Å². The van der Waals surface area contributed by atoms with Crippen molar-refractivity contribution in [1.82, 2.24) is 10.2 Å². The molecule has 3 N–H and O–H groups in total. The van der Waals surface area contributed by atoms with Crippen LogP contribution in [0.1, 0.15) is 23.2 Å². The number of nitrogens with zero attached hydrogens (tertiary/aromatic N) is 1. The van der Waals surface area contributed by atoms with Crippen LogP contribution in [0.5, 0.6) is 0 Å². The van der Waals surface area contributed by atoms with Gasteiger partial charge in [0.25, 0.3) is 5.56 Å². The van der Waals surface area contributed by atoms with Gasteiger partial charge in [-0.3, -0.25) is 4.79 Å². The highest BCUT2D eigenvalue weighted by Crippen LogP contribution is 2.28. The Labute approximate surface area is 85.3 Å². The van der Waals surface area contributed by atoms with E-state index in [4.69, 9.17) is 5.11 Å². The van der Waals surface area contributed by atoms with Gasteiger partial charge in [-0.2, -0.15) is 5.10 Å². The lowest BCUT2D eigenvalue weighted by atomic mass is 10.3. The summed E-state index contributed by atoms with van der Waals surface area (Å²) in [6.07, 6.45) is 2.39. The van der Waals surface area contributed by atoms with E-state index in [9.17, 15) is 9.59 Å². The molecule has 0 atom stereocenters. The molecule has 0 radical (unpaired) electrons. The Balaban J connectivity index is 2.13. The molecule has 1 aromatic rings. The molecule has 0 aliphatic heterocycles. The molecule has 15 heavy (non-hydrogen) atoms. The molecule has 0 saturated heterocycles. The van der Waals surface area contributed by atoms with Crippen molar-refractivity contribution in [3.8, 4) is 0 Å². The van der Waals surface area contributed by atoms with Gasteiger partial charge in [0.05, 0.1) is 0 Å². The second kappa shape index (κ2) is 3.72. The standard InChI is InChI=1S/C9H11N3O3/c13-8-6(9(14)15)3-7(11-12-8)10-4-5-1-2-5/h3,5H,1-2,4H2,(H,10,11)(H,12,13)(H,14,15). The number of H-pyrrole nitrogens is 1. The molecule has 1 fully saturated rings. The molecule has 1 aromatic heterocycles. The number of carboxylic acids is 1. The number of aromatic carboxylic acids is 1. The van der Waals surface area contributed by atoms with E-state index in [1.807, 2.05) is 0 Å². The lowest BCUT2D eigenvalue weighted by molar-refractivity contribution is 0.0694. The van der Waals surface area contributed by atoms with Crippen LogP contribution in [0.15, 0.2) is 10.9 Å². The number of anilines is 1. The maximum atomic E-state index is 11.0. The summed E-state index contributed by atoms with van der Waals surface area (Å²) in [5.74, 6) is -0.181. The third kappa shape index (κ3) is 2.34. The molecule has 0 amide bonds. The highest BCUT2D eigenvalue weighted by Gasteiger charge is 2.21. The van der Waals surface area contributed by atoms with Gasteiger partial charge in [0.2, 0.25) is 0 Å². The van der Waals surface area contributed by atoms with Crippen LogP contribution in [0.25, 0.3) is 0 Å². The van der Waals surface area contributed by atoms with Gasteiger partial charge in [-0.15, -0.1) is 0 Å². The number of hydrogen-bond donors (Lipinski definition) is 3. The molecule has 0 aromatic carbocycles. The Morgan fingerprint density at radius 1 is 1.67 bits per heavy atom. The first-order valence-corrected chi connectivity index (χ1v) is 4.73. The molecule has 0 spiro atoms. The number of carboxylic acid groups (broad SMARTS) is 1. The second-order valence-corrected chi connectivity index (χ2v) is 3.63. The fraction of sp³-hybridized carbons (Fsp3) is 0.444. The van der Waals surface area contributed by atoms with Crippen LogP contribution in [-0.2, 0) is 0 Å². The Morgan fingerprint density at radius 3 is 3.00 bits per heavy atom. The summed E-state index contributed by atoms with van der Waals surface area (Å²) in [6.45, 7) is 0.776. The number of nitrogens with one attached hydrogen (secondary N) is 2. The number of hydrogen-bond acceptors (Lipinski definition) is 4. The zero-order valence-electron chi connectivity index (χ0n) is 7.99. The van der Waals surface area contributed by atoms with E-state index in [1.165, 1.54) is 18.9 Å². The van der Waals surface area contributed by atoms with E-state index >= 15 is 0 Å². The van der Waals surface area contributed by atoms with Crippen LogP contribution in [0, 0.1) is 5.92 Å². The van der Waals surface area contributed by atoms with E-state index in [0.29, 0.717) is 11.7 Å². The molecule has 1 heterocycles. The van der Waals surface area contributed by atoms with Crippen LogP contribution in [0.4, 0.5) is 5.82 Å². The van der Waals surface area contributed by atoms with Crippen LogP contribution < -0.4 is 10.9 Å². The van der Waals surface area contributed by atoms with Crippen LogP contribution in [0.2, 0.25) is 0 Å². The van der Waals surface area contributed by atoms with Gasteiger partial charge in [0, 0.05) is 12.6 Å². The van der Waals surface area contributed by atoms with Gasteiger partial charge < -0.3 is 10.4 Å². The van der Waals surface area contributed by atoms with Crippen molar-refractivity contribution in [3.05, 3.63) is 22.0 Å². The van der Waals surface area contributed by atoms with E-state index in [1.54, 1.807) is 0 Å². The quantitative estimate of drug-likeness (QED) is 0.662. The Kier molecular flexibility index (Phi) is 2.40. The summed E-state index contributed by atoms with van der Waals surface area (Å²) in [7, 11) is 0. The Morgan fingerprint density at radius 2 is 2.40 bits per heavy atom. The first kappa shape index (κ1) is 9.70. The number of rotatable bonds is 4. The smallest absolute Gasteiger partial charge is 0.341 e. The van der Waals surface area contributed by atoms with E-state index < -0.39 is 11.5 Å². The lowest BCUT2D eigenvalue weighted by Crippen LogP contribution is -2.20. The van der Waals surface area contributed by atoms with Crippen LogP contribution >= 0.6 is 0 Å². The van der Waals surface area contributed by atoms with Crippen molar-refractivity contribution in [2.24, 2.45) is 5.92 Å². The third-order valence-corrected chi connectivity index (χ3v) is 2.30. The Bertz CT molecular complexity index is 436. The molecule has 1 saturated carbocycles. The summed E-state index contributed by atoms with van der Waals surface area (Å²) in [5.41, 5.74) is -0.970. The van der Waals surface area contributed by atoms with Crippen molar-refractivity contribution in [2.45, 2.75) is 12.8 Å². The summed E-state index contributed by atoms with van der Waals surface area (Å²) >= 11 is 0. The third-order valence-electron chi connectivity index (χ3n) is 2.30. The zero-order chi connectivity index (χ0) is 10.8. The molecular weight excluding hydrogens is 198 g/mol. The van der Waals surface area contributed by atoms with E-state index in [0.717, 1.165) is 6.54 Å². The minimum absolute atomic E-state index is 0.289. The minimum Gasteiger partial charge on any atom is -0.477 e. The average Bonchev–Trinajstić information content (AvgIpc) is 3.00. The number of aromatic amines is 1. The van der Waals surface area contributed by atoms with Crippen molar-refractivity contribution >= 4 is 11.8 Å². The lowest BCUT2D eigenvalue weighted by Gasteiger charge is -2.03. The molecule has 0 bridgehead atoms. The first-order valence-electron chi connectivity index (χ1n) is 4.73. The molecule has 6 nitrogen and oxygen atoms in total. The molecule has 2 rings (SSSR count). The van der Waals surface area contributed by atoms with E-state index in [2.05, 4.69) is 15.5 Å². The average molecular weight is 209 g/mol. The molecule has 1 aliphatic rings. The minimum atomic E-state index is -1.24. The molecule has 0 unspecified atom stereocenters. The molecule has 80 valence electrons. The van der Waals surface area contributed by atoms with E-state index in [-0.39, 0.29) is 5.56 Å². The van der Waals surface area contributed by atoms with Crippen molar-refractivity contribution in [1.29, 1.82) is 0 Å². The zero-order valence-corrected chi connectivity index (χ0v) is 7.99. The normalized spacial score (nSPS) is 14.9. The summed E-state index contributed by atoms with van der Waals surface area (Å²) in [5, 5.41) is 17.5. The predicted molar refractivity (Wildman–Crippen MR) is 53.0 cm³/mol. The van der Waals surface area contributed by atoms with Crippen LogP contribution in [0.3, 0.4) is 0 Å². The predicted octanol–water partition coefficient (Wildman–Crippen LogP) is 0.290. The first-order chi connectivity index (χ1) is 7.16. The molecule has 1 aliphatic carbocycles. The Hall–Kier alpha value is -1.85. The van der Waals surface area contributed by atoms with Gasteiger partial charge in [-0.05, 0) is 18.8 Å². The second-order valence-electron chi connectivity index (χ2n) is 3.63. The fourth-order valence-electron chi connectivity index (χ4n) is 1.23. The molecular formula is C9H11N3O3. The maximum absolute atomic E-state index is 11.0. The highest BCUT2D eigenvalue weighted by atomic mass is 16.4. The van der Waals surface area contributed by atoms with Crippen molar-refractivity contribution in [3.63, 3.8) is 0 Å². The summed E-state index contributed by atoms with van der Waals surface area (Å²) < 4.78 is 0. The summed E-state index contributed by atoms with van der Waals surface area (Å²) in [4.78, 5) is 21.7. The monoisotopic (exact) mass is 209 g/mol. The maximum Gasteiger partial charge on any atom is 0.341 e. The SMILES string of the molecule is O=C(O)c1cc(NCC2CC2)n[nH]c1=O. The number of aromatic nitrogens is 2. The summed E-state index contributed by atoms with van der Waals surface area (Å²) in [6, 6.07) is 1.25.